The first-order valence-corrected chi connectivity index (χ1v) is 10.3. The molecule has 8 nitrogen and oxygen atoms in total. The van der Waals surface area contributed by atoms with E-state index in [0.717, 1.165) is 22.6 Å². The number of aromatic nitrogens is 3. The Morgan fingerprint density at radius 1 is 1.24 bits per heavy atom. The maximum absolute atomic E-state index is 12.4. The highest BCUT2D eigenvalue weighted by Crippen LogP contribution is 2.32. The zero-order chi connectivity index (χ0) is 20.4. The minimum absolute atomic E-state index is 0.0820. The SMILES string of the molecule is Cc1occc1-c1nnc(SCC(=O)NC(C)c2ccc3c(c2)OCCO3)n1C. The zero-order valence-electron chi connectivity index (χ0n) is 16.5. The third kappa shape index (κ3) is 4.09. The second-order valence-corrected chi connectivity index (χ2v) is 7.68. The highest BCUT2D eigenvalue weighted by molar-refractivity contribution is 7.99. The molecule has 0 bridgehead atoms. The summed E-state index contributed by atoms with van der Waals surface area (Å²) in [4.78, 5) is 12.4. The molecule has 1 amide bonds. The number of hydrogen-bond donors (Lipinski definition) is 1. The van der Waals surface area contributed by atoms with Crippen molar-refractivity contribution >= 4 is 17.7 Å². The first-order chi connectivity index (χ1) is 14.0. The Balaban J connectivity index is 1.36. The van der Waals surface area contributed by atoms with E-state index < -0.39 is 0 Å². The summed E-state index contributed by atoms with van der Waals surface area (Å²) in [6.45, 7) is 4.91. The summed E-state index contributed by atoms with van der Waals surface area (Å²) in [5.74, 6) is 3.10. The first kappa shape index (κ1) is 19.4. The van der Waals surface area contributed by atoms with Gasteiger partial charge in [-0.3, -0.25) is 4.79 Å². The summed E-state index contributed by atoms with van der Waals surface area (Å²) < 4.78 is 18.3. The van der Waals surface area contributed by atoms with E-state index in [1.807, 2.05) is 49.7 Å². The smallest absolute Gasteiger partial charge is 0.230 e. The molecule has 2 aromatic heterocycles. The van der Waals surface area contributed by atoms with Crippen molar-refractivity contribution in [2.45, 2.75) is 25.0 Å². The number of carbonyl (C=O) groups is 1. The lowest BCUT2D eigenvalue weighted by atomic mass is 10.1. The van der Waals surface area contributed by atoms with E-state index in [1.165, 1.54) is 11.8 Å². The summed E-state index contributed by atoms with van der Waals surface area (Å²) in [5, 5.41) is 12.1. The molecule has 1 N–H and O–H groups in total. The Labute approximate surface area is 172 Å². The molecule has 4 rings (SSSR count). The van der Waals surface area contributed by atoms with Crippen molar-refractivity contribution in [1.29, 1.82) is 0 Å². The van der Waals surface area contributed by atoms with E-state index in [-0.39, 0.29) is 17.7 Å². The highest BCUT2D eigenvalue weighted by Gasteiger charge is 2.18. The van der Waals surface area contributed by atoms with Crippen LogP contribution >= 0.6 is 11.8 Å². The standard InChI is InChI=1S/C20H22N4O4S/c1-12(14-4-5-16-17(10-14)28-9-8-27-16)21-18(25)11-29-20-23-22-19(24(20)3)15-6-7-26-13(15)2/h4-7,10,12H,8-9,11H2,1-3H3,(H,21,25). The molecule has 1 aromatic carbocycles. The van der Waals surface area contributed by atoms with E-state index in [1.54, 1.807) is 6.26 Å². The largest absolute Gasteiger partial charge is 0.486 e. The molecule has 9 heteroatoms. The van der Waals surface area contributed by atoms with E-state index in [9.17, 15) is 4.79 Å². The molecule has 0 saturated carbocycles. The average Bonchev–Trinajstić information content (AvgIpc) is 3.30. The Bertz CT molecular complexity index is 1030. The topological polar surface area (TPSA) is 91.4 Å². The number of nitrogens with zero attached hydrogens (tertiary/aromatic N) is 3. The van der Waals surface area contributed by atoms with Crippen LogP contribution in [0.25, 0.3) is 11.4 Å². The fraction of sp³-hybridized carbons (Fsp3) is 0.350. The van der Waals surface area contributed by atoms with Crippen LogP contribution in [-0.4, -0.2) is 39.6 Å². The number of rotatable bonds is 6. The van der Waals surface area contributed by atoms with Crippen molar-refractivity contribution in [2.75, 3.05) is 19.0 Å². The Morgan fingerprint density at radius 3 is 2.79 bits per heavy atom. The van der Waals surface area contributed by atoms with Crippen LogP contribution in [0.15, 0.2) is 40.1 Å². The van der Waals surface area contributed by atoms with E-state index >= 15 is 0 Å². The number of ether oxygens (including phenoxy) is 2. The average molecular weight is 414 g/mol. The molecule has 1 unspecified atom stereocenters. The number of benzene rings is 1. The Hall–Kier alpha value is -2.94. The predicted octanol–water partition coefficient (Wildman–Crippen LogP) is 3.12. The van der Waals surface area contributed by atoms with Crippen LogP contribution in [0.2, 0.25) is 0 Å². The fourth-order valence-corrected chi connectivity index (χ4v) is 3.84. The minimum Gasteiger partial charge on any atom is -0.486 e. The van der Waals surface area contributed by atoms with Gasteiger partial charge in [0.25, 0.3) is 0 Å². The van der Waals surface area contributed by atoms with Gasteiger partial charge < -0.3 is 23.8 Å². The third-order valence-corrected chi connectivity index (χ3v) is 5.73. The summed E-state index contributed by atoms with van der Waals surface area (Å²) >= 11 is 1.34. The van der Waals surface area contributed by atoms with Gasteiger partial charge in [-0.2, -0.15) is 0 Å². The van der Waals surface area contributed by atoms with Gasteiger partial charge in [0, 0.05) is 7.05 Å². The molecule has 0 saturated heterocycles. The lowest BCUT2D eigenvalue weighted by Gasteiger charge is -2.21. The fourth-order valence-electron chi connectivity index (χ4n) is 3.12. The van der Waals surface area contributed by atoms with Crippen molar-refractivity contribution in [3.8, 4) is 22.9 Å². The van der Waals surface area contributed by atoms with Crippen LogP contribution in [0.5, 0.6) is 11.5 Å². The number of aryl methyl sites for hydroxylation is 1. The number of hydrogen-bond acceptors (Lipinski definition) is 7. The number of nitrogens with one attached hydrogen (secondary N) is 1. The van der Waals surface area contributed by atoms with Crippen LogP contribution < -0.4 is 14.8 Å². The number of amides is 1. The number of furan rings is 1. The first-order valence-electron chi connectivity index (χ1n) is 9.28. The van der Waals surface area contributed by atoms with Gasteiger partial charge in [0.1, 0.15) is 19.0 Å². The summed E-state index contributed by atoms with van der Waals surface area (Å²) in [6, 6.07) is 7.43. The quantitative estimate of drug-likeness (QED) is 0.620. The number of carbonyl (C=O) groups excluding carboxylic acids is 1. The van der Waals surface area contributed by atoms with Gasteiger partial charge in [0.2, 0.25) is 5.91 Å². The summed E-state index contributed by atoms with van der Waals surface area (Å²) in [6.07, 6.45) is 1.62. The lowest BCUT2D eigenvalue weighted by Crippen LogP contribution is -2.28. The molecule has 1 aliphatic rings. The van der Waals surface area contributed by atoms with Crippen LogP contribution in [0.3, 0.4) is 0 Å². The molecule has 1 atom stereocenters. The van der Waals surface area contributed by atoms with Gasteiger partial charge in [-0.05, 0) is 37.6 Å². The second-order valence-electron chi connectivity index (χ2n) is 6.74. The third-order valence-electron chi connectivity index (χ3n) is 4.71. The Kier molecular flexibility index (Phi) is 5.48. The van der Waals surface area contributed by atoms with Gasteiger partial charge in [0.15, 0.2) is 22.5 Å². The van der Waals surface area contributed by atoms with E-state index in [4.69, 9.17) is 13.9 Å². The second kappa shape index (κ2) is 8.20. The molecule has 0 aliphatic carbocycles. The van der Waals surface area contributed by atoms with Crippen molar-refractivity contribution in [1.82, 2.24) is 20.1 Å². The predicted molar refractivity (Wildman–Crippen MR) is 108 cm³/mol. The molecule has 29 heavy (non-hydrogen) atoms. The van der Waals surface area contributed by atoms with Gasteiger partial charge in [-0.1, -0.05) is 17.8 Å². The molecule has 0 spiro atoms. The van der Waals surface area contributed by atoms with Crippen molar-refractivity contribution in [2.24, 2.45) is 7.05 Å². The van der Waals surface area contributed by atoms with Crippen LogP contribution in [0.1, 0.15) is 24.3 Å². The van der Waals surface area contributed by atoms with Crippen molar-refractivity contribution < 1.29 is 18.7 Å². The van der Waals surface area contributed by atoms with E-state index in [2.05, 4.69) is 15.5 Å². The van der Waals surface area contributed by atoms with E-state index in [0.29, 0.717) is 29.9 Å². The molecule has 0 radical (unpaired) electrons. The highest BCUT2D eigenvalue weighted by atomic mass is 32.2. The molecule has 152 valence electrons. The zero-order valence-corrected chi connectivity index (χ0v) is 17.3. The summed E-state index contributed by atoms with van der Waals surface area (Å²) in [7, 11) is 1.87. The molecule has 3 aromatic rings. The minimum atomic E-state index is -0.150. The maximum atomic E-state index is 12.4. The molecule has 3 heterocycles. The monoisotopic (exact) mass is 414 g/mol. The normalized spacial score (nSPS) is 13.9. The van der Waals surface area contributed by atoms with Crippen LogP contribution in [0.4, 0.5) is 0 Å². The summed E-state index contributed by atoms with van der Waals surface area (Å²) in [5.41, 5.74) is 1.85. The van der Waals surface area contributed by atoms with Crippen LogP contribution in [-0.2, 0) is 11.8 Å². The van der Waals surface area contributed by atoms with Gasteiger partial charge in [-0.15, -0.1) is 10.2 Å². The van der Waals surface area contributed by atoms with Gasteiger partial charge in [-0.25, -0.2) is 0 Å². The lowest BCUT2D eigenvalue weighted by molar-refractivity contribution is -0.119. The molecular weight excluding hydrogens is 392 g/mol. The van der Waals surface area contributed by atoms with Gasteiger partial charge in [0.05, 0.1) is 23.6 Å². The molecule has 1 aliphatic heterocycles. The number of fused-ring (bicyclic) bond motifs is 1. The van der Waals surface area contributed by atoms with Gasteiger partial charge >= 0.3 is 0 Å². The molecular formula is C20H22N4O4S. The molecule has 0 fully saturated rings. The Morgan fingerprint density at radius 2 is 2.03 bits per heavy atom. The maximum Gasteiger partial charge on any atom is 0.230 e. The van der Waals surface area contributed by atoms with Crippen molar-refractivity contribution in [3.05, 3.63) is 41.9 Å². The van der Waals surface area contributed by atoms with Crippen LogP contribution in [0, 0.1) is 6.92 Å². The number of thioether (sulfide) groups is 1. The van der Waals surface area contributed by atoms with Crippen molar-refractivity contribution in [3.63, 3.8) is 0 Å².